The van der Waals surface area contributed by atoms with Crippen LogP contribution < -0.4 is 11.7 Å². The van der Waals surface area contributed by atoms with E-state index < -0.39 is 5.97 Å². The number of hydrogen-bond acceptors (Lipinski definition) is 5. The average Bonchev–Trinajstić information content (AvgIpc) is 2.04. The number of hydrazine groups is 1. The molecule has 0 heterocycles. The van der Waals surface area contributed by atoms with E-state index in [1.807, 2.05) is 0 Å². The van der Waals surface area contributed by atoms with Gasteiger partial charge in [0.15, 0.2) is 0 Å². The van der Waals surface area contributed by atoms with Crippen molar-refractivity contribution in [1.82, 2.24) is 0 Å². The zero-order chi connectivity index (χ0) is 8.41. The highest BCUT2D eigenvalue weighted by molar-refractivity contribution is 5.86. The first-order valence-corrected chi connectivity index (χ1v) is 2.34. The molecule has 0 aromatic heterocycles. The van der Waals surface area contributed by atoms with Crippen molar-refractivity contribution in [2.45, 2.75) is 0 Å². The number of ether oxygens (including phenoxy) is 1. The quantitative estimate of drug-likeness (QED) is 0.166. The summed E-state index contributed by atoms with van der Waals surface area (Å²) in [5.41, 5.74) is 0. The first-order chi connectivity index (χ1) is 4.81. The number of hydrogen-bond donors (Lipinski definition) is 2. The molecule has 0 spiro atoms. The standard InChI is InChI=1S/C5H6O3.H4N2/c1-8-5(7)3-2-4-6;1-2/h2-4H,1H3;1-2H2. The van der Waals surface area contributed by atoms with Crippen LogP contribution in [0.25, 0.3) is 0 Å². The van der Waals surface area contributed by atoms with E-state index in [-0.39, 0.29) is 0 Å². The lowest BCUT2D eigenvalue weighted by Gasteiger charge is -1.84. The van der Waals surface area contributed by atoms with E-state index in [4.69, 9.17) is 0 Å². The van der Waals surface area contributed by atoms with Crippen molar-refractivity contribution in [2.24, 2.45) is 11.7 Å². The maximum Gasteiger partial charge on any atom is 0.330 e. The minimum Gasteiger partial charge on any atom is -0.466 e. The summed E-state index contributed by atoms with van der Waals surface area (Å²) in [5, 5.41) is 0. The Hall–Kier alpha value is -1.20. The Bertz CT molecular complexity index is 122. The maximum absolute atomic E-state index is 10.1. The Balaban J connectivity index is 0. The van der Waals surface area contributed by atoms with E-state index in [0.717, 1.165) is 12.2 Å². The molecular formula is C5H10N2O3. The Labute approximate surface area is 58.6 Å². The second kappa shape index (κ2) is 10.7. The molecular weight excluding hydrogens is 136 g/mol. The summed E-state index contributed by atoms with van der Waals surface area (Å²) in [6.07, 6.45) is 2.63. The minimum absolute atomic E-state index is 0.511. The third kappa shape index (κ3) is 9.93. The molecule has 0 fully saturated rings. The Morgan fingerprint density at radius 1 is 1.50 bits per heavy atom. The van der Waals surface area contributed by atoms with Crippen LogP contribution in [-0.4, -0.2) is 19.4 Å². The third-order valence-electron chi connectivity index (χ3n) is 0.512. The second-order valence-corrected chi connectivity index (χ2v) is 1.02. The fourth-order valence-corrected chi connectivity index (χ4v) is 0.186. The van der Waals surface area contributed by atoms with Crippen molar-refractivity contribution in [3.63, 3.8) is 0 Å². The van der Waals surface area contributed by atoms with Crippen molar-refractivity contribution < 1.29 is 14.3 Å². The highest BCUT2D eigenvalue weighted by Crippen LogP contribution is 1.72. The van der Waals surface area contributed by atoms with Crippen LogP contribution in [0.5, 0.6) is 0 Å². The van der Waals surface area contributed by atoms with Crippen molar-refractivity contribution in [1.29, 1.82) is 0 Å². The molecule has 0 aromatic carbocycles. The van der Waals surface area contributed by atoms with Gasteiger partial charge in [0.1, 0.15) is 6.29 Å². The van der Waals surface area contributed by atoms with Crippen LogP contribution in [-0.2, 0) is 14.3 Å². The molecule has 0 radical (unpaired) electrons. The zero-order valence-corrected chi connectivity index (χ0v) is 5.61. The van der Waals surface area contributed by atoms with Crippen LogP contribution in [0.4, 0.5) is 0 Å². The molecule has 10 heavy (non-hydrogen) atoms. The minimum atomic E-state index is -0.517. The summed E-state index contributed by atoms with van der Waals surface area (Å²) in [6, 6.07) is 0. The fourth-order valence-electron chi connectivity index (χ4n) is 0.186. The zero-order valence-electron chi connectivity index (χ0n) is 5.61. The van der Waals surface area contributed by atoms with Gasteiger partial charge in [-0.25, -0.2) is 4.79 Å². The molecule has 5 heteroatoms. The smallest absolute Gasteiger partial charge is 0.330 e. The lowest BCUT2D eigenvalue weighted by molar-refractivity contribution is -0.135. The van der Waals surface area contributed by atoms with Gasteiger partial charge in [0.25, 0.3) is 0 Å². The number of allylic oxidation sites excluding steroid dienone is 1. The van der Waals surface area contributed by atoms with Crippen LogP contribution in [0.15, 0.2) is 12.2 Å². The summed E-state index contributed by atoms with van der Waals surface area (Å²) < 4.78 is 4.17. The molecule has 0 aliphatic heterocycles. The summed E-state index contributed by atoms with van der Waals surface area (Å²) in [5.74, 6) is 7.48. The summed E-state index contributed by atoms with van der Waals surface area (Å²) in [7, 11) is 1.25. The molecule has 0 amide bonds. The van der Waals surface area contributed by atoms with Crippen LogP contribution in [0.2, 0.25) is 0 Å². The second-order valence-electron chi connectivity index (χ2n) is 1.02. The summed E-state index contributed by atoms with van der Waals surface area (Å²) in [4.78, 5) is 19.6. The Kier molecular flexibility index (Phi) is 12.4. The molecule has 0 rings (SSSR count). The predicted molar refractivity (Wildman–Crippen MR) is 35.6 cm³/mol. The lowest BCUT2D eigenvalue weighted by atomic mass is 10.5. The van der Waals surface area contributed by atoms with Gasteiger partial charge in [-0.3, -0.25) is 16.5 Å². The highest BCUT2D eigenvalue weighted by Gasteiger charge is 1.85. The average molecular weight is 146 g/mol. The highest BCUT2D eigenvalue weighted by atomic mass is 16.5. The van der Waals surface area contributed by atoms with Gasteiger partial charge in [0, 0.05) is 6.08 Å². The Morgan fingerprint density at radius 2 is 2.00 bits per heavy atom. The molecule has 0 aliphatic carbocycles. The van der Waals surface area contributed by atoms with Gasteiger partial charge in [-0.2, -0.15) is 0 Å². The molecule has 0 aromatic rings. The van der Waals surface area contributed by atoms with Gasteiger partial charge >= 0.3 is 5.97 Å². The molecule has 4 N–H and O–H groups in total. The van der Waals surface area contributed by atoms with Crippen LogP contribution in [0.3, 0.4) is 0 Å². The van der Waals surface area contributed by atoms with Crippen molar-refractivity contribution in [3.8, 4) is 0 Å². The van der Waals surface area contributed by atoms with Crippen molar-refractivity contribution in [2.75, 3.05) is 7.11 Å². The van der Waals surface area contributed by atoms with E-state index >= 15 is 0 Å². The van der Waals surface area contributed by atoms with Gasteiger partial charge in [0.2, 0.25) is 0 Å². The van der Waals surface area contributed by atoms with Gasteiger partial charge in [-0.15, -0.1) is 0 Å². The maximum atomic E-state index is 10.1. The molecule has 0 bridgehead atoms. The molecule has 0 saturated carbocycles. The van der Waals surface area contributed by atoms with Gasteiger partial charge < -0.3 is 4.74 Å². The SMILES string of the molecule is COC(=O)C=CC=O.NN. The van der Waals surface area contributed by atoms with Crippen LogP contribution in [0, 0.1) is 0 Å². The van der Waals surface area contributed by atoms with E-state index in [9.17, 15) is 9.59 Å². The number of carbonyl (C=O) groups is 2. The lowest BCUT2D eigenvalue weighted by Crippen LogP contribution is -2.02. The first-order valence-electron chi connectivity index (χ1n) is 2.34. The van der Waals surface area contributed by atoms with Gasteiger partial charge in [-0.05, 0) is 6.08 Å². The predicted octanol–water partition coefficient (Wildman–Crippen LogP) is -1.27. The number of rotatable bonds is 2. The fraction of sp³-hybridized carbons (Fsp3) is 0.200. The van der Waals surface area contributed by atoms with E-state index in [2.05, 4.69) is 16.4 Å². The molecule has 58 valence electrons. The molecule has 0 atom stereocenters. The number of aldehydes is 1. The first kappa shape index (κ1) is 11.6. The van der Waals surface area contributed by atoms with E-state index in [0.29, 0.717) is 6.29 Å². The molecule has 0 aliphatic rings. The number of nitrogens with two attached hydrogens (primary N) is 2. The number of methoxy groups -OCH3 is 1. The normalized spacial score (nSPS) is 7.90. The topological polar surface area (TPSA) is 95.4 Å². The summed E-state index contributed by atoms with van der Waals surface area (Å²) in [6.45, 7) is 0. The monoisotopic (exact) mass is 146 g/mol. The van der Waals surface area contributed by atoms with Crippen LogP contribution in [0.1, 0.15) is 0 Å². The van der Waals surface area contributed by atoms with Gasteiger partial charge in [-0.1, -0.05) is 0 Å². The molecule has 5 nitrogen and oxygen atoms in total. The van der Waals surface area contributed by atoms with E-state index in [1.54, 1.807) is 0 Å². The Morgan fingerprint density at radius 3 is 2.30 bits per heavy atom. The third-order valence-corrected chi connectivity index (χ3v) is 0.512. The molecule has 0 saturated heterocycles. The van der Waals surface area contributed by atoms with Crippen molar-refractivity contribution in [3.05, 3.63) is 12.2 Å². The summed E-state index contributed by atoms with van der Waals surface area (Å²) >= 11 is 0. The largest absolute Gasteiger partial charge is 0.466 e. The van der Waals surface area contributed by atoms with E-state index in [1.165, 1.54) is 7.11 Å². The number of esters is 1. The molecule has 0 unspecified atom stereocenters. The van der Waals surface area contributed by atoms with Crippen molar-refractivity contribution >= 4 is 12.3 Å². The number of carbonyl (C=O) groups excluding carboxylic acids is 2. The van der Waals surface area contributed by atoms with Crippen LogP contribution >= 0.6 is 0 Å². The van der Waals surface area contributed by atoms with Gasteiger partial charge in [0.05, 0.1) is 7.11 Å².